The summed E-state index contributed by atoms with van der Waals surface area (Å²) >= 11 is 0.812. The number of hydrogen-bond donors (Lipinski definition) is 1. The Kier molecular flexibility index (Phi) is 6.96. The SMILES string of the molecule is COC(C)C(SC(=O)c1ccccc1)C(=O)OC(=O)[C@@H]1CCCN1. The van der Waals surface area contributed by atoms with Crippen molar-refractivity contribution in [3.05, 3.63) is 35.9 Å². The van der Waals surface area contributed by atoms with Crippen molar-refractivity contribution in [2.45, 2.75) is 37.2 Å². The Morgan fingerprint density at radius 2 is 1.96 bits per heavy atom. The van der Waals surface area contributed by atoms with Gasteiger partial charge in [0, 0.05) is 12.7 Å². The quantitative estimate of drug-likeness (QED) is 0.618. The molecule has 130 valence electrons. The first-order chi connectivity index (χ1) is 11.5. The van der Waals surface area contributed by atoms with Gasteiger partial charge in [0.2, 0.25) is 5.12 Å². The van der Waals surface area contributed by atoms with E-state index in [1.807, 2.05) is 0 Å². The number of rotatable bonds is 6. The van der Waals surface area contributed by atoms with Gasteiger partial charge in [0.05, 0.1) is 6.10 Å². The highest BCUT2D eigenvalue weighted by Crippen LogP contribution is 2.23. The van der Waals surface area contributed by atoms with Gasteiger partial charge in [-0.1, -0.05) is 42.1 Å². The van der Waals surface area contributed by atoms with Crippen LogP contribution in [0.15, 0.2) is 30.3 Å². The molecule has 6 nitrogen and oxygen atoms in total. The number of benzene rings is 1. The predicted molar refractivity (Wildman–Crippen MR) is 90.7 cm³/mol. The van der Waals surface area contributed by atoms with E-state index in [1.54, 1.807) is 37.3 Å². The van der Waals surface area contributed by atoms with Crippen LogP contribution in [0.25, 0.3) is 0 Å². The second-order valence-electron chi connectivity index (χ2n) is 5.52. The minimum atomic E-state index is -0.909. The molecule has 2 rings (SSSR count). The molecule has 0 saturated carbocycles. The standard InChI is InChI=1S/C17H21NO5S/c1-11(22-2)14(24-17(21)12-7-4-3-5-8-12)16(20)23-15(19)13-9-6-10-18-13/h3-5,7-8,11,13-14,18H,6,9-10H2,1-2H3/t11?,13-,14?/m0/s1. The fourth-order valence-electron chi connectivity index (χ4n) is 2.33. The third kappa shape index (κ3) is 4.90. The van der Waals surface area contributed by atoms with Crippen molar-refractivity contribution in [1.82, 2.24) is 5.32 Å². The molecule has 1 aromatic rings. The summed E-state index contributed by atoms with van der Waals surface area (Å²) in [7, 11) is 1.44. The molecule has 0 aromatic heterocycles. The smallest absolute Gasteiger partial charge is 0.330 e. The van der Waals surface area contributed by atoms with E-state index in [0.29, 0.717) is 12.0 Å². The number of ether oxygens (including phenoxy) is 2. The van der Waals surface area contributed by atoms with Gasteiger partial charge in [-0.05, 0) is 26.3 Å². The molecule has 1 N–H and O–H groups in total. The van der Waals surface area contributed by atoms with Crippen LogP contribution in [0.5, 0.6) is 0 Å². The highest BCUT2D eigenvalue weighted by atomic mass is 32.2. The van der Waals surface area contributed by atoms with Gasteiger partial charge < -0.3 is 14.8 Å². The highest BCUT2D eigenvalue weighted by Gasteiger charge is 2.34. The van der Waals surface area contributed by atoms with Gasteiger partial charge >= 0.3 is 11.9 Å². The molecular weight excluding hydrogens is 330 g/mol. The van der Waals surface area contributed by atoms with Gasteiger partial charge in [0.15, 0.2) is 0 Å². The van der Waals surface area contributed by atoms with Crippen molar-refractivity contribution in [1.29, 1.82) is 0 Å². The van der Waals surface area contributed by atoms with Crippen LogP contribution < -0.4 is 5.32 Å². The number of carbonyl (C=O) groups excluding carboxylic acids is 3. The normalized spacial score (nSPS) is 19.5. The van der Waals surface area contributed by atoms with Crippen LogP contribution in [0.1, 0.15) is 30.1 Å². The van der Waals surface area contributed by atoms with E-state index in [1.165, 1.54) is 7.11 Å². The molecule has 0 radical (unpaired) electrons. The maximum Gasteiger partial charge on any atom is 0.330 e. The van der Waals surface area contributed by atoms with Crippen LogP contribution in [0, 0.1) is 0 Å². The van der Waals surface area contributed by atoms with E-state index < -0.39 is 29.3 Å². The molecule has 0 aliphatic carbocycles. The van der Waals surface area contributed by atoms with Gasteiger partial charge in [-0.3, -0.25) is 9.59 Å². The molecule has 0 bridgehead atoms. The minimum Gasteiger partial charge on any atom is -0.391 e. The molecule has 24 heavy (non-hydrogen) atoms. The van der Waals surface area contributed by atoms with Crippen molar-refractivity contribution in [3.8, 4) is 0 Å². The number of hydrogen-bond acceptors (Lipinski definition) is 7. The second kappa shape index (κ2) is 8.96. The molecular formula is C17H21NO5S. The number of nitrogens with one attached hydrogen (secondary N) is 1. The van der Waals surface area contributed by atoms with Crippen molar-refractivity contribution >= 4 is 28.8 Å². The Morgan fingerprint density at radius 1 is 1.25 bits per heavy atom. The Bertz CT molecular complexity index is 586. The first-order valence-electron chi connectivity index (χ1n) is 7.80. The lowest BCUT2D eigenvalue weighted by Gasteiger charge is -2.20. The maximum absolute atomic E-state index is 12.4. The van der Waals surface area contributed by atoms with Crippen molar-refractivity contribution in [2.75, 3.05) is 13.7 Å². The fraction of sp³-hybridized carbons (Fsp3) is 0.471. The monoisotopic (exact) mass is 351 g/mol. The molecule has 1 saturated heterocycles. The molecule has 7 heteroatoms. The third-order valence-electron chi connectivity index (χ3n) is 3.82. The average Bonchev–Trinajstić information content (AvgIpc) is 3.14. The summed E-state index contributed by atoms with van der Waals surface area (Å²) in [4.78, 5) is 36.7. The van der Waals surface area contributed by atoms with E-state index in [2.05, 4.69) is 5.32 Å². The zero-order chi connectivity index (χ0) is 17.5. The summed E-state index contributed by atoms with van der Waals surface area (Å²) in [6.45, 7) is 2.39. The van der Waals surface area contributed by atoms with Crippen molar-refractivity contribution in [3.63, 3.8) is 0 Å². The summed E-state index contributed by atoms with van der Waals surface area (Å²) in [6, 6.07) is 8.18. The predicted octanol–water partition coefficient (Wildman–Crippen LogP) is 1.79. The fourth-order valence-corrected chi connectivity index (χ4v) is 3.28. The topological polar surface area (TPSA) is 81.7 Å². The first kappa shape index (κ1) is 18.6. The Hall–Kier alpha value is -1.70. The molecule has 3 atom stereocenters. The zero-order valence-corrected chi connectivity index (χ0v) is 14.5. The molecule has 1 aromatic carbocycles. The summed E-state index contributed by atoms with van der Waals surface area (Å²) in [6.07, 6.45) is 0.944. The van der Waals surface area contributed by atoms with E-state index in [-0.39, 0.29) is 5.12 Å². The van der Waals surface area contributed by atoms with Gasteiger partial charge in [-0.2, -0.15) is 0 Å². The van der Waals surface area contributed by atoms with Crippen LogP contribution in [0.3, 0.4) is 0 Å². The van der Waals surface area contributed by atoms with E-state index in [4.69, 9.17) is 9.47 Å². The van der Waals surface area contributed by atoms with Crippen LogP contribution in [-0.4, -0.2) is 48.1 Å². The Balaban J connectivity index is 2.02. The second-order valence-corrected chi connectivity index (χ2v) is 6.64. The minimum absolute atomic E-state index is 0.270. The molecule has 1 aliphatic rings. The average molecular weight is 351 g/mol. The lowest BCUT2D eigenvalue weighted by atomic mass is 10.2. The molecule has 1 heterocycles. The van der Waals surface area contributed by atoms with Gasteiger partial charge in [0.1, 0.15) is 11.3 Å². The van der Waals surface area contributed by atoms with Gasteiger partial charge in [-0.25, -0.2) is 4.79 Å². The Labute approximate surface area is 145 Å². The number of thioether (sulfide) groups is 1. The van der Waals surface area contributed by atoms with E-state index >= 15 is 0 Å². The number of methoxy groups -OCH3 is 1. The largest absolute Gasteiger partial charge is 0.391 e. The Morgan fingerprint density at radius 3 is 2.54 bits per heavy atom. The molecule has 1 aliphatic heterocycles. The summed E-state index contributed by atoms with van der Waals surface area (Å²) < 4.78 is 10.1. The van der Waals surface area contributed by atoms with Crippen molar-refractivity contribution in [2.24, 2.45) is 0 Å². The lowest BCUT2D eigenvalue weighted by molar-refractivity contribution is -0.161. The summed E-state index contributed by atoms with van der Waals surface area (Å²) in [5.41, 5.74) is 0.479. The van der Waals surface area contributed by atoms with Crippen LogP contribution in [0.2, 0.25) is 0 Å². The molecule has 0 amide bonds. The van der Waals surface area contributed by atoms with Crippen LogP contribution in [-0.2, 0) is 19.1 Å². The van der Waals surface area contributed by atoms with Crippen LogP contribution in [0.4, 0.5) is 0 Å². The van der Waals surface area contributed by atoms with Gasteiger partial charge in [0.25, 0.3) is 0 Å². The zero-order valence-electron chi connectivity index (χ0n) is 13.7. The molecule has 0 spiro atoms. The van der Waals surface area contributed by atoms with E-state index in [9.17, 15) is 14.4 Å². The number of carbonyl (C=O) groups is 3. The lowest BCUT2D eigenvalue weighted by Crippen LogP contribution is -2.39. The molecule has 2 unspecified atom stereocenters. The summed E-state index contributed by atoms with van der Waals surface area (Å²) in [5.74, 6) is -1.35. The number of esters is 2. The highest BCUT2D eigenvalue weighted by molar-refractivity contribution is 8.15. The van der Waals surface area contributed by atoms with Gasteiger partial charge in [-0.15, -0.1) is 0 Å². The van der Waals surface area contributed by atoms with E-state index in [0.717, 1.165) is 24.7 Å². The van der Waals surface area contributed by atoms with Crippen molar-refractivity contribution < 1.29 is 23.9 Å². The maximum atomic E-state index is 12.4. The molecule has 1 fully saturated rings. The summed E-state index contributed by atoms with van der Waals surface area (Å²) in [5, 5.41) is 1.80. The third-order valence-corrected chi connectivity index (χ3v) is 5.10. The first-order valence-corrected chi connectivity index (χ1v) is 8.68. The van der Waals surface area contributed by atoms with Crippen LogP contribution >= 0.6 is 11.8 Å².